The van der Waals surface area contributed by atoms with Gasteiger partial charge in [-0.05, 0) is 31.4 Å². The quantitative estimate of drug-likeness (QED) is 0.321. The Labute approximate surface area is 176 Å². The molecule has 2 fully saturated rings. The highest BCUT2D eigenvalue weighted by atomic mass is 16.6. The summed E-state index contributed by atoms with van der Waals surface area (Å²) >= 11 is 0. The lowest BCUT2D eigenvalue weighted by Crippen LogP contribution is -2.30. The topological polar surface area (TPSA) is 195 Å². The van der Waals surface area contributed by atoms with Crippen molar-refractivity contribution in [2.45, 2.75) is 69.4 Å². The summed E-state index contributed by atoms with van der Waals surface area (Å²) in [4.78, 5) is 14.3. The Balaban J connectivity index is 1.46. The van der Waals surface area contributed by atoms with Gasteiger partial charge in [0.15, 0.2) is 23.8 Å². The molecule has 3 aromatic rings. The zero-order valence-electron chi connectivity index (χ0n) is 16.8. The van der Waals surface area contributed by atoms with Gasteiger partial charge in [-0.1, -0.05) is 0 Å². The van der Waals surface area contributed by atoms with Crippen LogP contribution in [0.15, 0.2) is 6.33 Å². The summed E-state index contributed by atoms with van der Waals surface area (Å²) in [5, 5.41) is 46.3. The molecule has 0 unspecified atom stereocenters. The molecule has 0 amide bonds. The van der Waals surface area contributed by atoms with Crippen molar-refractivity contribution in [3.8, 4) is 0 Å². The summed E-state index contributed by atoms with van der Waals surface area (Å²) in [6.07, 6.45) is -1.18. The van der Waals surface area contributed by atoms with Crippen LogP contribution in [0, 0.1) is 0 Å². The number of hydrogen-bond donors (Lipinski definition) is 5. The van der Waals surface area contributed by atoms with E-state index in [0.717, 1.165) is 12.8 Å². The number of hydrogen-bond acceptors (Lipinski definition) is 12. The number of fused-ring (bicyclic) bond motifs is 1. The second-order valence-corrected chi connectivity index (χ2v) is 7.77. The van der Waals surface area contributed by atoms with Crippen molar-refractivity contribution in [1.82, 2.24) is 39.7 Å². The maximum absolute atomic E-state index is 10.7. The van der Waals surface area contributed by atoms with Gasteiger partial charge in [0.1, 0.15) is 17.7 Å². The number of aryl methyl sites for hydroxylation is 1. The summed E-state index contributed by atoms with van der Waals surface area (Å²) < 4.78 is 7.38. The molecule has 6 N–H and O–H groups in total. The van der Waals surface area contributed by atoms with Crippen molar-refractivity contribution < 1.29 is 20.1 Å². The van der Waals surface area contributed by atoms with Crippen molar-refractivity contribution in [3.63, 3.8) is 0 Å². The van der Waals surface area contributed by atoms with Gasteiger partial charge in [0, 0.05) is 0 Å². The molecule has 0 spiro atoms. The summed E-state index contributed by atoms with van der Waals surface area (Å²) in [5.41, 5.74) is 6.72. The van der Waals surface area contributed by atoms with Crippen LogP contribution in [0.1, 0.15) is 44.3 Å². The van der Waals surface area contributed by atoms with Crippen LogP contribution in [0.4, 0.5) is 11.8 Å². The Morgan fingerprint density at radius 3 is 2.77 bits per heavy atom. The molecule has 0 bridgehead atoms. The Bertz CT molecular complexity index is 1090. The third-order valence-corrected chi connectivity index (χ3v) is 5.76. The summed E-state index contributed by atoms with van der Waals surface area (Å²) in [6, 6.07) is -0.167. The highest BCUT2D eigenvalue weighted by Gasteiger charge is 2.47. The Morgan fingerprint density at radius 1 is 1.23 bits per heavy atom. The van der Waals surface area contributed by atoms with Crippen LogP contribution < -0.4 is 11.1 Å². The first kappa shape index (κ1) is 20.0. The zero-order valence-corrected chi connectivity index (χ0v) is 16.8. The first-order chi connectivity index (χ1) is 15.0. The summed E-state index contributed by atoms with van der Waals surface area (Å²) in [7, 11) is 0. The highest BCUT2D eigenvalue weighted by molar-refractivity contribution is 5.83. The molecule has 6 atom stereocenters. The predicted octanol–water partition coefficient (Wildman–Crippen LogP) is -1.27. The molecular weight excluding hydrogens is 408 g/mol. The summed E-state index contributed by atoms with van der Waals surface area (Å²) in [6.45, 7) is 2.36. The average molecular weight is 432 g/mol. The fourth-order valence-electron chi connectivity index (χ4n) is 4.07. The van der Waals surface area contributed by atoms with E-state index in [0.29, 0.717) is 24.1 Å². The molecule has 1 saturated heterocycles. The number of imidazole rings is 1. The van der Waals surface area contributed by atoms with Crippen molar-refractivity contribution in [3.05, 3.63) is 12.2 Å². The molecule has 0 radical (unpaired) electrons. The first-order valence-corrected chi connectivity index (χ1v) is 10.2. The molecule has 31 heavy (non-hydrogen) atoms. The zero-order chi connectivity index (χ0) is 21.7. The minimum Gasteiger partial charge on any atom is -0.391 e. The molecule has 1 saturated carbocycles. The summed E-state index contributed by atoms with van der Waals surface area (Å²) in [5.74, 6) is 0.567. The lowest BCUT2D eigenvalue weighted by Gasteiger charge is -2.18. The maximum Gasteiger partial charge on any atom is 0.227 e. The molecule has 0 aromatic carbocycles. The fraction of sp³-hybridized carbons (Fsp3) is 0.647. The first-order valence-electron chi connectivity index (χ1n) is 10.2. The Morgan fingerprint density at radius 2 is 2.06 bits per heavy atom. The number of nitrogens with two attached hydrogens (primary N) is 1. The number of nitrogens with one attached hydrogen (secondary N) is 1. The van der Waals surface area contributed by atoms with E-state index < -0.39 is 30.6 Å². The van der Waals surface area contributed by atoms with Crippen LogP contribution >= 0.6 is 0 Å². The Kier molecular flexibility index (Phi) is 4.92. The number of rotatable bonds is 5. The molecule has 5 rings (SSSR count). The number of nitrogens with zero attached hydrogens (tertiary/aromatic N) is 8. The second kappa shape index (κ2) is 7.64. The van der Waals surface area contributed by atoms with Gasteiger partial charge in [0.05, 0.1) is 25.0 Å². The van der Waals surface area contributed by atoms with E-state index in [4.69, 9.17) is 10.5 Å². The molecule has 1 aliphatic heterocycles. The predicted molar refractivity (Wildman–Crippen MR) is 105 cm³/mol. The minimum absolute atomic E-state index is 0.149. The monoisotopic (exact) mass is 432 g/mol. The van der Waals surface area contributed by atoms with E-state index in [-0.39, 0.29) is 23.6 Å². The average Bonchev–Trinajstić information content (AvgIpc) is 3.52. The number of ether oxygens (including phenoxy) is 1. The van der Waals surface area contributed by atoms with Gasteiger partial charge in [-0.25, -0.2) is 4.98 Å². The van der Waals surface area contributed by atoms with E-state index >= 15 is 0 Å². The van der Waals surface area contributed by atoms with Crippen LogP contribution in [0.2, 0.25) is 0 Å². The van der Waals surface area contributed by atoms with Crippen LogP contribution in [-0.2, 0) is 11.3 Å². The van der Waals surface area contributed by atoms with Gasteiger partial charge in [-0.2, -0.15) is 14.8 Å². The molecule has 4 heterocycles. The molecule has 3 aromatic heterocycles. The standard InChI is InChI=1S/C17H24N10O4/c1-2-27-24-14(23-25-27)12-10(29)11(30)16(31-12)26-6-19-9-13(18)21-17(22-15(9)26)20-7-4-3-5-8(7)28/h6-8,10-12,16,28-30H,2-5H2,1H3,(H3,18,20,21,22)/t7-,8-,10+,11-,12+,16-/m1/s1. The number of aromatic nitrogens is 8. The molecule has 1 aliphatic carbocycles. The molecule has 14 heteroatoms. The Hall–Kier alpha value is -2.94. The van der Waals surface area contributed by atoms with Crippen molar-refractivity contribution in [2.75, 3.05) is 11.1 Å². The van der Waals surface area contributed by atoms with Crippen molar-refractivity contribution in [1.29, 1.82) is 0 Å². The third kappa shape index (κ3) is 3.37. The third-order valence-electron chi connectivity index (χ3n) is 5.76. The van der Waals surface area contributed by atoms with Crippen molar-refractivity contribution >= 4 is 22.9 Å². The fourth-order valence-corrected chi connectivity index (χ4v) is 4.07. The lowest BCUT2D eigenvalue weighted by atomic mass is 10.1. The van der Waals surface area contributed by atoms with E-state index in [1.165, 1.54) is 15.7 Å². The number of aliphatic hydroxyl groups is 3. The smallest absolute Gasteiger partial charge is 0.227 e. The molecule has 166 valence electrons. The lowest BCUT2D eigenvalue weighted by molar-refractivity contribution is -0.0384. The SMILES string of the molecule is CCn1nnc([C@H]2O[C@@H](n3cnc4c(N)nc(N[C@@H]5CCC[C@H]5O)nc43)[C@H](O)[C@@H]2O)n1. The van der Waals surface area contributed by atoms with Gasteiger partial charge >= 0.3 is 0 Å². The van der Waals surface area contributed by atoms with Crippen molar-refractivity contribution in [2.24, 2.45) is 0 Å². The minimum atomic E-state index is -1.29. The van der Waals surface area contributed by atoms with Gasteiger partial charge in [-0.15, -0.1) is 10.2 Å². The normalized spacial score (nSPS) is 31.0. The highest BCUT2D eigenvalue weighted by Crippen LogP contribution is 2.38. The molecular formula is C17H24N10O4. The number of tetrazole rings is 1. The van der Waals surface area contributed by atoms with E-state index in [9.17, 15) is 15.3 Å². The van der Waals surface area contributed by atoms with Gasteiger partial charge in [0.25, 0.3) is 0 Å². The molecule has 2 aliphatic rings. The number of nitrogen functional groups attached to an aromatic ring is 1. The van der Waals surface area contributed by atoms with Gasteiger partial charge < -0.3 is 31.1 Å². The number of aliphatic hydroxyl groups excluding tert-OH is 3. The van der Waals surface area contributed by atoms with Crippen LogP contribution in [0.25, 0.3) is 11.2 Å². The van der Waals surface area contributed by atoms with E-state index in [2.05, 4.69) is 35.7 Å². The van der Waals surface area contributed by atoms with Gasteiger partial charge in [-0.3, -0.25) is 4.57 Å². The van der Waals surface area contributed by atoms with E-state index in [1.807, 2.05) is 6.92 Å². The largest absolute Gasteiger partial charge is 0.391 e. The van der Waals surface area contributed by atoms with E-state index in [1.54, 1.807) is 0 Å². The maximum atomic E-state index is 10.7. The number of anilines is 2. The van der Waals surface area contributed by atoms with Gasteiger partial charge in [0.2, 0.25) is 11.8 Å². The van der Waals surface area contributed by atoms with Crippen LogP contribution in [0.3, 0.4) is 0 Å². The second-order valence-electron chi connectivity index (χ2n) is 7.77. The van der Waals surface area contributed by atoms with Crippen LogP contribution in [0.5, 0.6) is 0 Å². The molecule has 14 nitrogen and oxygen atoms in total. The van der Waals surface area contributed by atoms with Crippen LogP contribution in [-0.4, -0.2) is 79.4 Å².